The molecule has 0 bridgehead atoms. The molecular formula is C9H17F. The van der Waals surface area contributed by atoms with Crippen LogP contribution in [0.4, 0.5) is 4.39 Å². The van der Waals surface area contributed by atoms with Gasteiger partial charge in [-0.25, -0.2) is 0 Å². The highest BCUT2D eigenvalue weighted by molar-refractivity contribution is 4.91. The summed E-state index contributed by atoms with van der Waals surface area (Å²) in [5, 5.41) is 0. The van der Waals surface area contributed by atoms with Crippen molar-refractivity contribution in [3.05, 3.63) is 12.2 Å². The summed E-state index contributed by atoms with van der Waals surface area (Å²) in [7, 11) is 0. The molecule has 0 fully saturated rings. The highest BCUT2D eigenvalue weighted by atomic mass is 19.1. The average Bonchev–Trinajstić information content (AvgIpc) is 1.98. The standard InChI is InChI=1S/C9H17F/c1-3-9(2)7-5-4-6-8-10/h2-8H2,1H3. The first kappa shape index (κ1) is 9.67. The second-order valence-corrected chi connectivity index (χ2v) is 2.60. The molecule has 60 valence electrons. The summed E-state index contributed by atoms with van der Waals surface area (Å²) < 4.78 is 11.6. The van der Waals surface area contributed by atoms with Gasteiger partial charge in [0, 0.05) is 0 Å². The summed E-state index contributed by atoms with van der Waals surface area (Å²) in [6.45, 7) is 5.82. The predicted octanol–water partition coefficient (Wildman–Crippen LogP) is 3.48. The molecule has 0 aliphatic carbocycles. The van der Waals surface area contributed by atoms with Crippen molar-refractivity contribution in [1.29, 1.82) is 0 Å². The summed E-state index contributed by atoms with van der Waals surface area (Å²) in [5.74, 6) is 0. The van der Waals surface area contributed by atoms with Gasteiger partial charge in [-0.05, 0) is 25.7 Å². The molecule has 1 heteroatoms. The molecule has 0 aromatic rings. The molecule has 0 rings (SSSR count). The van der Waals surface area contributed by atoms with Crippen LogP contribution in [-0.2, 0) is 0 Å². The van der Waals surface area contributed by atoms with Gasteiger partial charge < -0.3 is 0 Å². The Morgan fingerprint density at radius 1 is 1.30 bits per heavy atom. The van der Waals surface area contributed by atoms with Crippen LogP contribution < -0.4 is 0 Å². The van der Waals surface area contributed by atoms with E-state index in [1.807, 2.05) is 0 Å². The predicted molar refractivity (Wildman–Crippen MR) is 43.9 cm³/mol. The second kappa shape index (κ2) is 6.79. The van der Waals surface area contributed by atoms with Crippen molar-refractivity contribution in [1.82, 2.24) is 0 Å². The molecule has 0 N–H and O–H groups in total. The zero-order chi connectivity index (χ0) is 7.82. The van der Waals surface area contributed by atoms with E-state index in [1.165, 1.54) is 5.57 Å². The SMILES string of the molecule is C=C(CC)CCCCCF. The Kier molecular flexibility index (Phi) is 6.56. The Hall–Kier alpha value is -0.330. The third kappa shape index (κ3) is 5.80. The first-order chi connectivity index (χ1) is 4.81. The van der Waals surface area contributed by atoms with E-state index in [0.29, 0.717) is 0 Å². The lowest BCUT2D eigenvalue weighted by atomic mass is 10.1. The molecule has 0 heterocycles. The van der Waals surface area contributed by atoms with E-state index < -0.39 is 0 Å². The Balaban J connectivity index is 2.96. The monoisotopic (exact) mass is 144 g/mol. The second-order valence-electron chi connectivity index (χ2n) is 2.60. The summed E-state index contributed by atoms with van der Waals surface area (Å²) >= 11 is 0. The van der Waals surface area contributed by atoms with Gasteiger partial charge in [-0.1, -0.05) is 25.5 Å². The van der Waals surface area contributed by atoms with E-state index in [-0.39, 0.29) is 6.67 Å². The fourth-order valence-electron chi connectivity index (χ4n) is 0.823. The maximum absolute atomic E-state index is 11.6. The average molecular weight is 144 g/mol. The Labute approximate surface area is 63.1 Å². The molecule has 0 atom stereocenters. The van der Waals surface area contributed by atoms with E-state index in [1.54, 1.807) is 0 Å². The number of hydrogen-bond donors (Lipinski definition) is 0. The first-order valence-corrected chi connectivity index (χ1v) is 4.04. The number of rotatable bonds is 6. The molecule has 0 unspecified atom stereocenters. The van der Waals surface area contributed by atoms with Crippen LogP contribution in [0.1, 0.15) is 39.0 Å². The van der Waals surface area contributed by atoms with E-state index in [0.717, 1.165) is 32.1 Å². The van der Waals surface area contributed by atoms with Gasteiger partial charge in [0.2, 0.25) is 0 Å². The summed E-state index contributed by atoms with van der Waals surface area (Å²) in [6.07, 6.45) is 4.98. The van der Waals surface area contributed by atoms with Crippen LogP contribution in [0.25, 0.3) is 0 Å². The minimum absolute atomic E-state index is 0.168. The van der Waals surface area contributed by atoms with E-state index >= 15 is 0 Å². The van der Waals surface area contributed by atoms with Gasteiger partial charge in [0.15, 0.2) is 0 Å². The van der Waals surface area contributed by atoms with Crippen molar-refractivity contribution >= 4 is 0 Å². The molecule has 0 nitrogen and oxygen atoms in total. The van der Waals surface area contributed by atoms with Crippen LogP contribution in [0.2, 0.25) is 0 Å². The minimum atomic E-state index is -0.168. The first-order valence-electron chi connectivity index (χ1n) is 4.04. The van der Waals surface area contributed by atoms with Gasteiger partial charge in [0.1, 0.15) is 0 Å². The van der Waals surface area contributed by atoms with Gasteiger partial charge in [-0.3, -0.25) is 4.39 Å². The maximum atomic E-state index is 11.6. The number of unbranched alkanes of at least 4 members (excludes halogenated alkanes) is 2. The molecule has 0 saturated carbocycles. The van der Waals surface area contributed by atoms with Gasteiger partial charge in [-0.2, -0.15) is 0 Å². The minimum Gasteiger partial charge on any atom is -0.251 e. The summed E-state index contributed by atoms with van der Waals surface area (Å²) in [5.41, 5.74) is 1.29. The zero-order valence-electron chi connectivity index (χ0n) is 6.83. The van der Waals surface area contributed by atoms with E-state index in [4.69, 9.17) is 0 Å². The maximum Gasteiger partial charge on any atom is 0.0894 e. The quantitative estimate of drug-likeness (QED) is 0.395. The Bertz CT molecular complexity index is 86.7. The molecule has 10 heavy (non-hydrogen) atoms. The molecular weight excluding hydrogens is 127 g/mol. The number of allylic oxidation sites excluding steroid dienone is 1. The van der Waals surface area contributed by atoms with Crippen LogP contribution in [0.3, 0.4) is 0 Å². The Morgan fingerprint density at radius 3 is 2.50 bits per heavy atom. The van der Waals surface area contributed by atoms with Crippen LogP contribution in [-0.4, -0.2) is 6.67 Å². The van der Waals surface area contributed by atoms with Crippen molar-refractivity contribution in [2.45, 2.75) is 39.0 Å². The fraction of sp³-hybridized carbons (Fsp3) is 0.778. The van der Waals surface area contributed by atoms with Crippen LogP contribution in [0.5, 0.6) is 0 Å². The molecule has 0 aliphatic rings. The lowest BCUT2D eigenvalue weighted by molar-refractivity contribution is 0.456. The molecule has 0 spiro atoms. The third-order valence-corrected chi connectivity index (χ3v) is 1.66. The van der Waals surface area contributed by atoms with Crippen molar-refractivity contribution in [2.24, 2.45) is 0 Å². The zero-order valence-corrected chi connectivity index (χ0v) is 6.83. The number of halogens is 1. The van der Waals surface area contributed by atoms with Gasteiger partial charge >= 0.3 is 0 Å². The van der Waals surface area contributed by atoms with Gasteiger partial charge in [0.05, 0.1) is 6.67 Å². The number of hydrogen-bond acceptors (Lipinski definition) is 0. The molecule has 0 aromatic carbocycles. The van der Waals surface area contributed by atoms with Gasteiger partial charge in [0.25, 0.3) is 0 Å². The smallest absolute Gasteiger partial charge is 0.0894 e. The Morgan fingerprint density at radius 2 is 2.00 bits per heavy atom. The number of alkyl halides is 1. The van der Waals surface area contributed by atoms with E-state index in [9.17, 15) is 4.39 Å². The topological polar surface area (TPSA) is 0 Å². The molecule has 0 radical (unpaired) electrons. The molecule has 0 amide bonds. The van der Waals surface area contributed by atoms with Crippen LogP contribution in [0.15, 0.2) is 12.2 Å². The molecule has 0 aromatic heterocycles. The highest BCUT2D eigenvalue weighted by Crippen LogP contribution is 2.09. The summed E-state index contributed by atoms with van der Waals surface area (Å²) in [6, 6.07) is 0. The van der Waals surface area contributed by atoms with Crippen molar-refractivity contribution < 1.29 is 4.39 Å². The van der Waals surface area contributed by atoms with Crippen LogP contribution >= 0.6 is 0 Å². The van der Waals surface area contributed by atoms with Crippen molar-refractivity contribution in [3.8, 4) is 0 Å². The lowest BCUT2D eigenvalue weighted by Gasteiger charge is -1.99. The third-order valence-electron chi connectivity index (χ3n) is 1.66. The largest absolute Gasteiger partial charge is 0.251 e. The normalized spacial score (nSPS) is 9.80. The van der Waals surface area contributed by atoms with E-state index in [2.05, 4.69) is 13.5 Å². The van der Waals surface area contributed by atoms with Crippen molar-refractivity contribution in [2.75, 3.05) is 6.67 Å². The lowest BCUT2D eigenvalue weighted by Crippen LogP contribution is -1.82. The summed E-state index contributed by atoms with van der Waals surface area (Å²) in [4.78, 5) is 0. The fourth-order valence-corrected chi connectivity index (χ4v) is 0.823. The highest BCUT2D eigenvalue weighted by Gasteiger charge is 1.91. The van der Waals surface area contributed by atoms with Crippen molar-refractivity contribution in [3.63, 3.8) is 0 Å². The van der Waals surface area contributed by atoms with Crippen LogP contribution in [0, 0.1) is 0 Å². The molecule has 0 aliphatic heterocycles. The molecule has 0 saturated heterocycles. The van der Waals surface area contributed by atoms with Gasteiger partial charge in [-0.15, -0.1) is 0 Å².